The second-order valence-corrected chi connectivity index (χ2v) is 2.15. The van der Waals surface area contributed by atoms with Crippen LogP contribution in [0, 0.1) is 0 Å². The first-order chi connectivity index (χ1) is 4.27. The number of allylic oxidation sites excluding steroid dienone is 1. The molecule has 0 saturated heterocycles. The summed E-state index contributed by atoms with van der Waals surface area (Å²) >= 11 is 0. The summed E-state index contributed by atoms with van der Waals surface area (Å²) in [6, 6.07) is 0. The Kier molecular flexibility index (Phi) is 5.57. The third kappa shape index (κ3) is 7.66. The second-order valence-electron chi connectivity index (χ2n) is 2.15. The lowest BCUT2D eigenvalue weighted by Gasteiger charge is -1.96. The quantitative estimate of drug-likeness (QED) is 0.452. The van der Waals surface area contributed by atoms with E-state index < -0.39 is 0 Å². The molecule has 0 heterocycles. The van der Waals surface area contributed by atoms with Crippen molar-refractivity contribution in [2.75, 3.05) is 19.8 Å². The third-order valence-corrected chi connectivity index (χ3v) is 0.872. The molecule has 2 nitrogen and oxygen atoms in total. The number of nitrogens with two attached hydrogens (primary N) is 1. The Morgan fingerprint density at radius 2 is 2.22 bits per heavy atom. The fraction of sp³-hybridized carbons (Fsp3) is 0.714. The molecule has 0 radical (unpaired) electrons. The van der Waals surface area contributed by atoms with Gasteiger partial charge in [0.2, 0.25) is 0 Å². The number of hydrogen-bond donors (Lipinski definition) is 1. The maximum Gasteiger partial charge on any atom is 0.0650 e. The average Bonchev–Trinajstić information content (AvgIpc) is 1.80. The van der Waals surface area contributed by atoms with Gasteiger partial charge in [-0.05, 0) is 13.8 Å². The first kappa shape index (κ1) is 8.66. The van der Waals surface area contributed by atoms with Crippen molar-refractivity contribution < 1.29 is 4.74 Å². The highest BCUT2D eigenvalue weighted by Crippen LogP contribution is 1.87. The largest absolute Gasteiger partial charge is 0.376 e. The first-order valence-electron chi connectivity index (χ1n) is 3.18. The van der Waals surface area contributed by atoms with Gasteiger partial charge in [0.25, 0.3) is 0 Å². The van der Waals surface area contributed by atoms with Crippen molar-refractivity contribution in [2.45, 2.75) is 13.8 Å². The molecule has 0 atom stereocenters. The maximum atomic E-state index is 5.20. The van der Waals surface area contributed by atoms with Gasteiger partial charge in [-0.25, -0.2) is 0 Å². The van der Waals surface area contributed by atoms with Crippen LogP contribution in [-0.4, -0.2) is 19.8 Å². The topological polar surface area (TPSA) is 35.2 Å². The summed E-state index contributed by atoms with van der Waals surface area (Å²) in [5.74, 6) is 0. The molecule has 2 N–H and O–H groups in total. The molecule has 0 aliphatic carbocycles. The van der Waals surface area contributed by atoms with Crippen LogP contribution in [0.5, 0.6) is 0 Å². The van der Waals surface area contributed by atoms with E-state index >= 15 is 0 Å². The zero-order valence-corrected chi connectivity index (χ0v) is 6.18. The minimum absolute atomic E-state index is 0.608. The minimum atomic E-state index is 0.608. The Balaban J connectivity index is 3.00. The van der Waals surface area contributed by atoms with E-state index in [4.69, 9.17) is 10.5 Å². The van der Waals surface area contributed by atoms with Crippen LogP contribution in [-0.2, 0) is 4.74 Å². The van der Waals surface area contributed by atoms with Gasteiger partial charge in [0.05, 0.1) is 13.2 Å². The molecule has 9 heavy (non-hydrogen) atoms. The Labute approximate surface area is 56.7 Å². The molecular weight excluding hydrogens is 114 g/mol. The van der Waals surface area contributed by atoms with Crippen LogP contribution in [0.3, 0.4) is 0 Å². The molecule has 0 rings (SSSR count). The van der Waals surface area contributed by atoms with Crippen LogP contribution >= 0.6 is 0 Å². The van der Waals surface area contributed by atoms with E-state index in [1.807, 2.05) is 19.9 Å². The monoisotopic (exact) mass is 129 g/mol. The lowest BCUT2D eigenvalue weighted by molar-refractivity contribution is 0.170. The number of rotatable bonds is 4. The minimum Gasteiger partial charge on any atom is -0.376 e. The van der Waals surface area contributed by atoms with E-state index in [2.05, 4.69) is 0 Å². The molecule has 0 amide bonds. The Hall–Kier alpha value is -0.340. The summed E-state index contributed by atoms with van der Waals surface area (Å²) in [6.45, 7) is 6.05. The van der Waals surface area contributed by atoms with Crippen molar-refractivity contribution in [3.05, 3.63) is 11.6 Å². The highest BCUT2D eigenvalue weighted by molar-refractivity contribution is 4.92. The molecule has 54 valence electrons. The Morgan fingerprint density at radius 3 is 2.67 bits per heavy atom. The predicted octanol–water partition coefficient (Wildman–Crippen LogP) is 0.928. The Bertz CT molecular complexity index is 84.9. The van der Waals surface area contributed by atoms with Gasteiger partial charge in [0.1, 0.15) is 0 Å². The molecule has 0 aliphatic rings. The lowest BCUT2D eigenvalue weighted by atomic mass is 10.3. The van der Waals surface area contributed by atoms with Crippen molar-refractivity contribution in [3.8, 4) is 0 Å². The highest BCUT2D eigenvalue weighted by Gasteiger charge is 1.79. The van der Waals surface area contributed by atoms with Gasteiger partial charge in [-0.3, -0.25) is 0 Å². The number of hydrogen-bond acceptors (Lipinski definition) is 2. The molecule has 0 spiro atoms. The van der Waals surface area contributed by atoms with Gasteiger partial charge in [0.15, 0.2) is 0 Å². The SMILES string of the molecule is CC(C)=CCOCCN. The lowest BCUT2D eigenvalue weighted by Crippen LogP contribution is -2.08. The Morgan fingerprint density at radius 1 is 1.56 bits per heavy atom. The number of ether oxygens (including phenoxy) is 1. The average molecular weight is 129 g/mol. The van der Waals surface area contributed by atoms with Gasteiger partial charge in [-0.2, -0.15) is 0 Å². The molecule has 0 aromatic rings. The molecule has 0 fully saturated rings. The third-order valence-electron chi connectivity index (χ3n) is 0.872. The van der Waals surface area contributed by atoms with E-state index in [-0.39, 0.29) is 0 Å². The summed E-state index contributed by atoms with van der Waals surface area (Å²) in [6.07, 6.45) is 2.04. The van der Waals surface area contributed by atoms with Gasteiger partial charge >= 0.3 is 0 Å². The smallest absolute Gasteiger partial charge is 0.0650 e. The van der Waals surface area contributed by atoms with Gasteiger partial charge in [0, 0.05) is 6.54 Å². The summed E-state index contributed by atoms with van der Waals surface area (Å²) < 4.78 is 5.09. The van der Waals surface area contributed by atoms with E-state index in [0.717, 1.165) is 0 Å². The molecular formula is C7H15NO. The summed E-state index contributed by atoms with van der Waals surface area (Å²) in [7, 11) is 0. The second kappa shape index (κ2) is 5.79. The molecule has 0 bridgehead atoms. The van der Waals surface area contributed by atoms with Crippen molar-refractivity contribution in [3.63, 3.8) is 0 Å². The van der Waals surface area contributed by atoms with E-state index in [0.29, 0.717) is 19.8 Å². The molecule has 0 aromatic carbocycles. The van der Waals surface area contributed by atoms with Crippen LogP contribution in [0.2, 0.25) is 0 Å². The van der Waals surface area contributed by atoms with E-state index in [1.165, 1.54) is 5.57 Å². The van der Waals surface area contributed by atoms with Crippen LogP contribution < -0.4 is 5.73 Å². The molecule has 0 unspecified atom stereocenters. The van der Waals surface area contributed by atoms with Crippen LogP contribution in [0.4, 0.5) is 0 Å². The summed E-state index contributed by atoms with van der Waals surface area (Å²) in [5, 5.41) is 0. The van der Waals surface area contributed by atoms with Gasteiger partial charge in [-0.15, -0.1) is 0 Å². The van der Waals surface area contributed by atoms with E-state index in [1.54, 1.807) is 0 Å². The maximum absolute atomic E-state index is 5.20. The zero-order chi connectivity index (χ0) is 7.11. The zero-order valence-electron chi connectivity index (χ0n) is 6.18. The van der Waals surface area contributed by atoms with Crippen LogP contribution in [0.15, 0.2) is 11.6 Å². The molecule has 2 heteroatoms. The van der Waals surface area contributed by atoms with Crippen molar-refractivity contribution in [1.82, 2.24) is 0 Å². The standard InChI is InChI=1S/C7H15NO/c1-7(2)3-5-9-6-4-8/h3H,4-6,8H2,1-2H3. The van der Waals surface area contributed by atoms with Crippen LogP contribution in [0.1, 0.15) is 13.8 Å². The van der Waals surface area contributed by atoms with Gasteiger partial charge < -0.3 is 10.5 Å². The molecule has 0 saturated carbocycles. The highest BCUT2D eigenvalue weighted by atomic mass is 16.5. The normalized spacial score (nSPS) is 9.22. The molecule has 0 aliphatic heterocycles. The van der Waals surface area contributed by atoms with E-state index in [9.17, 15) is 0 Å². The van der Waals surface area contributed by atoms with Crippen molar-refractivity contribution >= 4 is 0 Å². The van der Waals surface area contributed by atoms with Crippen LogP contribution in [0.25, 0.3) is 0 Å². The van der Waals surface area contributed by atoms with Gasteiger partial charge in [-0.1, -0.05) is 11.6 Å². The first-order valence-corrected chi connectivity index (χ1v) is 3.18. The summed E-state index contributed by atoms with van der Waals surface area (Å²) in [4.78, 5) is 0. The fourth-order valence-electron chi connectivity index (χ4n) is 0.392. The molecule has 0 aromatic heterocycles. The summed E-state index contributed by atoms with van der Waals surface area (Å²) in [5.41, 5.74) is 6.48. The van der Waals surface area contributed by atoms with Crippen molar-refractivity contribution in [1.29, 1.82) is 0 Å². The van der Waals surface area contributed by atoms with Crippen molar-refractivity contribution in [2.24, 2.45) is 5.73 Å². The predicted molar refractivity (Wildman–Crippen MR) is 39.3 cm³/mol. The fourth-order valence-corrected chi connectivity index (χ4v) is 0.392.